The summed E-state index contributed by atoms with van der Waals surface area (Å²) < 4.78 is 0. The van der Waals surface area contributed by atoms with E-state index in [0.29, 0.717) is 12.1 Å². The molecule has 144 valence electrons. The summed E-state index contributed by atoms with van der Waals surface area (Å²) in [4.78, 5) is 18.7. The molecule has 1 aromatic carbocycles. The summed E-state index contributed by atoms with van der Waals surface area (Å²) in [6, 6.07) is 7.79. The van der Waals surface area contributed by atoms with Gasteiger partial charge in [0.25, 0.3) is 5.91 Å². The van der Waals surface area contributed by atoms with Gasteiger partial charge in [0.1, 0.15) is 0 Å². The first-order valence-electron chi connectivity index (χ1n) is 9.54. The minimum Gasteiger partial charge on any atom is -0.352 e. The quantitative estimate of drug-likeness (QED) is 0.404. The number of rotatable bonds is 4. The maximum absolute atomic E-state index is 11.8. The summed E-state index contributed by atoms with van der Waals surface area (Å²) in [7, 11) is 1.86. The SMILES string of the molecule is CCNC(=O)c1ccc(CNC(=NC)N2CC3CCCCC3C2)cc1.I. The summed E-state index contributed by atoms with van der Waals surface area (Å²) >= 11 is 0. The van der Waals surface area contributed by atoms with Crippen LogP contribution in [0.5, 0.6) is 0 Å². The molecule has 0 radical (unpaired) electrons. The van der Waals surface area contributed by atoms with E-state index in [9.17, 15) is 4.79 Å². The van der Waals surface area contributed by atoms with Gasteiger partial charge in [-0.15, -0.1) is 24.0 Å². The van der Waals surface area contributed by atoms with Crippen molar-refractivity contribution in [2.24, 2.45) is 16.8 Å². The number of amides is 1. The molecule has 26 heavy (non-hydrogen) atoms. The Morgan fingerprint density at radius 2 is 1.73 bits per heavy atom. The van der Waals surface area contributed by atoms with E-state index in [0.717, 1.165) is 43.0 Å². The molecule has 2 atom stereocenters. The lowest BCUT2D eigenvalue weighted by atomic mass is 9.82. The Labute approximate surface area is 174 Å². The minimum atomic E-state index is -0.0162. The van der Waals surface area contributed by atoms with Gasteiger partial charge in [0.05, 0.1) is 0 Å². The van der Waals surface area contributed by atoms with Gasteiger partial charge in [0, 0.05) is 38.8 Å². The zero-order valence-electron chi connectivity index (χ0n) is 15.8. The van der Waals surface area contributed by atoms with Crippen molar-refractivity contribution >= 4 is 35.8 Å². The third-order valence-electron chi connectivity index (χ3n) is 5.49. The average molecular weight is 470 g/mol. The van der Waals surface area contributed by atoms with Crippen LogP contribution in [0, 0.1) is 11.8 Å². The second-order valence-corrected chi connectivity index (χ2v) is 7.17. The number of aliphatic imine (C=N–C) groups is 1. The van der Waals surface area contributed by atoms with Crippen molar-refractivity contribution in [3.05, 3.63) is 35.4 Å². The zero-order chi connectivity index (χ0) is 17.6. The van der Waals surface area contributed by atoms with Gasteiger partial charge in [-0.1, -0.05) is 25.0 Å². The number of guanidine groups is 1. The van der Waals surface area contributed by atoms with Crippen LogP contribution in [0.15, 0.2) is 29.3 Å². The Morgan fingerprint density at radius 1 is 1.12 bits per heavy atom. The van der Waals surface area contributed by atoms with E-state index < -0.39 is 0 Å². The van der Waals surface area contributed by atoms with Crippen molar-refractivity contribution in [2.45, 2.75) is 39.2 Å². The molecule has 1 amide bonds. The van der Waals surface area contributed by atoms with E-state index in [1.54, 1.807) is 0 Å². The second-order valence-electron chi connectivity index (χ2n) is 7.17. The molecule has 0 spiro atoms. The average Bonchev–Trinajstić information content (AvgIpc) is 3.07. The highest BCUT2D eigenvalue weighted by atomic mass is 127. The molecule has 1 saturated heterocycles. The summed E-state index contributed by atoms with van der Waals surface area (Å²) in [5.41, 5.74) is 1.87. The number of benzene rings is 1. The lowest BCUT2D eigenvalue weighted by Crippen LogP contribution is -2.39. The van der Waals surface area contributed by atoms with Gasteiger partial charge in [0.2, 0.25) is 0 Å². The number of hydrogen-bond acceptors (Lipinski definition) is 2. The summed E-state index contributed by atoms with van der Waals surface area (Å²) in [5.74, 6) is 2.69. The number of likely N-dealkylation sites (tertiary alicyclic amines) is 1. The Hall–Kier alpha value is -1.31. The van der Waals surface area contributed by atoms with E-state index in [1.807, 2.05) is 38.2 Å². The van der Waals surface area contributed by atoms with Gasteiger partial charge >= 0.3 is 0 Å². The fourth-order valence-corrected chi connectivity index (χ4v) is 4.13. The second kappa shape index (κ2) is 10.1. The van der Waals surface area contributed by atoms with Crippen LogP contribution in [0.25, 0.3) is 0 Å². The summed E-state index contributed by atoms with van der Waals surface area (Å²) in [5, 5.41) is 6.31. The van der Waals surface area contributed by atoms with E-state index in [-0.39, 0.29) is 29.9 Å². The van der Waals surface area contributed by atoms with Gasteiger partial charge in [-0.25, -0.2) is 0 Å². The third-order valence-corrected chi connectivity index (χ3v) is 5.49. The van der Waals surface area contributed by atoms with E-state index in [2.05, 4.69) is 20.5 Å². The van der Waals surface area contributed by atoms with Crippen LogP contribution in [0.4, 0.5) is 0 Å². The molecule has 0 bridgehead atoms. The zero-order valence-corrected chi connectivity index (χ0v) is 18.2. The lowest BCUT2D eigenvalue weighted by molar-refractivity contribution is 0.0956. The molecule has 6 heteroatoms. The topological polar surface area (TPSA) is 56.7 Å². The molecular formula is C20H31IN4O. The van der Waals surface area contributed by atoms with Crippen LogP contribution in [-0.2, 0) is 6.54 Å². The van der Waals surface area contributed by atoms with Crippen molar-refractivity contribution in [1.29, 1.82) is 0 Å². The highest BCUT2D eigenvalue weighted by molar-refractivity contribution is 14.0. The largest absolute Gasteiger partial charge is 0.352 e. The number of nitrogens with one attached hydrogen (secondary N) is 2. The Balaban J connectivity index is 0.00000243. The number of carbonyl (C=O) groups is 1. The van der Waals surface area contributed by atoms with Gasteiger partial charge < -0.3 is 15.5 Å². The molecule has 2 fully saturated rings. The number of hydrogen-bond donors (Lipinski definition) is 2. The van der Waals surface area contributed by atoms with Gasteiger partial charge in [-0.3, -0.25) is 9.79 Å². The summed E-state index contributed by atoms with van der Waals surface area (Å²) in [6.07, 6.45) is 5.52. The number of carbonyl (C=O) groups excluding carboxylic acids is 1. The van der Waals surface area contributed by atoms with Crippen molar-refractivity contribution in [3.8, 4) is 0 Å². The molecule has 3 rings (SSSR count). The number of halogens is 1. The molecule has 1 aromatic rings. The maximum Gasteiger partial charge on any atom is 0.251 e. The van der Waals surface area contributed by atoms with Crippen LogP contribution >= 0.6 is 24.0 Å². The predicted octanol–water partition coefficient (Wildman–Crippen LogP) is 3.25. The minimum absolute atomic E-state index is 0. The van der Waals surface area contributed by atoms with Crippen molar-refractivity contribution in [3.63, 3.8) is 0 Å². The molecule has 2 aliphatic rings. The predicted molar refractivity (Wildman–Crippen MR) is 117 cm³/mol. The normalized spacial score (nSPS) is 22.4. The third kappa shape index (κ3) is 5.11. The van der Waals surface area contributed by atoms with E-state index in [4.69, 9.17) is 0 Å². The Morgan fingerprint density at radius 3 is 2.27 bits per heavy atom. The number of fused-ring (bicyclic) bond motifs is 1. The Kier molecular flexibility index (Phi) is 8.18. The monoisotopic (exact) mass is 470 g/mol. The first-order chi connectivity index (χ1) is 12.2. The van der Waals surface area contributed by atoms with E-state index >= 15 is 0 Å². The fourth-order valence-electron chi connectivity index (χ4n) is 4.13. The van der Waals surface area contributed by atoms with Crippen molar-refractivity contribution in [1.82, 2.24) is 15.5 Å². The van der Waals surface area contributed by atoms with Gasteiger partial charge in [0.15, 0.2) is 5.96 Å². The standard InChI is InChI=1S/C20H30N4O.HI/c1-3-22-19(25)16-10-8-15(9-11-16)12-23-20(21-2)24-13-17-6-4-5-7-18(17)14-24;/h8-11,17-18H,3-7,12-14H2,1-2H3,(H,21,23)(H,22,25);1H. The molecule has 1 aliphatic heterocycles. The number of nitrogens with zero attached hydrogens (tertiary/aromatic N) is 2. The van der Waals surface area contributed by atoms with Crippen LogP contribution < -0.4 is 10.6 Å². The first-order valence-corrected chi connectivity index (χ1v) is 9.54. The van der Waals surface area contributed by atoms with Gasteiger partial charge in [-0.05, 0) is 49.3 Å². The van der Waals surface area contributed by atoms with Gasteiger partial charge in [-0.2, -0.15) is 0 Å². The van der Waals surface area contributed by atoms with Crippen molar-refractivity contribution < 1.29 is 4.79 Å². The fraction of sp³-hybridized carbons (Fsp3) is 0.600. The van der Waals surface area contributed by atoms with Crippen molar-refractivity contribution in [2.75, 3.05) is 26.7 Å². The lowest BCUT2D eigenvalue weighted by Gasteiger charge is -2.22. The highest BCUT2D eigenvalue weighted by Crippen LogP contribution is 2.35. The van der Waals surface area contributed by atoms with Crippen LogP contribution in [0.2, 0.25) is 0 Å². The highest BCUT2D eigenvalue weighted by Gasteiger charge is 2.35. The first kappa shape index (κ1) is 21.0. The molecule has 1 saturated carbocycles. The maximum atomic E-state index is 11.8. The smallest absolute Gasteiger partial charge is 0.251 e. The van der Waals surface area contributed by atoms with Crippen LogP contribution in [0.1, 0.15) is 48.5 Å². The molecule has 1 aliphatic carbocycles. The molecule has 5 nitrogen and oxygen atoms in total. The summed E-state index contributed by atoms with van der Waals surface area (Å²) in [6.45, 7) is 5.59. The van der Waals surface area contributed by atoms with Crippen LogP contribution in [-0.4, -0.2) is 43.4 Å². The molecule has 1 heterocycles. The molecular weight excluding hydrogens is 439 g/mol. The molecule has 0 aromatic heterocycles. The Bertz CT molecular complexity index is 603. The molecule has 2 N–H and O–H groups in total. The van der Waals surface area contributed by atoms with E-state index in [1.165, 1.54) is 25.7 Å². The molecule has 2 unspecified atom stereocenters. The van der Waals surface area contributed by atoms with Crippen LogP contribution in [0.3, 0.4) is 0 Å².